The van der Waals surface area contributed by atoms with E-state index in [1.54, 1.807) is 0 Å². The number of alkyl halides is 3. The van der Waals surface area contributed by atoms with Gasteiger partial charge in [-0.25, -0.2) is 9.98 Å². The van der Waals surface area contributed by atoms with Gasteiger partial charge in [0.2, 0.25) is 0 Å². The van der Waals surface area contributed by atoms with Gasteiger partial charge in [0, 0.05) is 17.3 Å². The molecule has 1 unspecified atom stereocenters. The van der Waals surface area contributed by atoms with Gasteiger partial charge >= 0.3 is 6.18 Å². The van der Waals surface area contributed by atoms with Crippen molar-refractivity contribution in [3.05, 3.63) is 52.2 Å². The maximum Gasteiger partial charge on any atom is 0.434 e. The molecule has 0 saturated carbocycles. The van der Waals surface area contributed by atoms with Crippen molar-refractivity contribution in [2.45, 2.75) is 32.6 Å². The van der Waals surface area contributed by atoms with Crippen LogP contribution in [0, 0.1) is 0 Å². The standard InChI is InChI=1S/C18H19F3N4OS/c1-3-22-17(23-9-16-25-15(10-27-16)18(19,20)21)24-11(2)14-8-12-6-4-5-7-13(12)26-14/h4-8,10-11H,3,9H2,1-2H3,(H2,22,23,24). The average Bonchev–Trinajstić information content (AvgIpc) is 3.26. The van der Waals surface area contributed by atoms with Crippen LogP contribution < -0.4 is 10.6 Å². The van der Waals surface area contributed by atoms with E-state index < -0.39 is 11.9 Å². The molecule has 3 aromatic rings. The van der Waals surface area contributed by atoms with Gasteiger partial charge in [-0.1, -0.05) is 18.2 Å². The van der Waals surface area contributed by atoms with Crippen molar-refractivity contribution in [2.24, 2.45) is 4.99 Å². The molecule has 0 fully saturated rings. The quantitative estimate of drug-likeness (QED) is 0.484. The summed E-state index contributed by atoms with van der Waals surface area (Å²) in [6.07, 6.45) is -4.43. The number of rotatable bonds is 5. The lowest BCUT2D eigenvalue weighted by atomic mass is 10.2. The van der Waals surface area contributed by atoms with E-state index >= 15 is 0 Å². The first-order valence-electron chi connectivity index (χ1n) is 8.41. The Morgan fingerprint density at radius 3 is 2.78 bits per heavy atom. The number of fused-ring (bicyclic) bond motifs is 1. The van der Waals surface area contributed by atoms with E-state index in [4.69, 9.17) is 4.42 Å². The summed E-state index contributed by atoms with van der Waals surface area (Å²) in [5.41, 5.74) is -0.0862. The summed E-state index contributed by atoms with van der Waals surface area (Å²) in [6, 6.07) is 9.49. The van der Waals surface area contributed by atoms with E-state index in [2.05, 4.69) is 20.6 Å². The van der Waals surface area contributed by atoms with Crippen LogP contribution in [-0.4, -0.2) is 17.5 Å². The van der Waals surface area contributed by atoms with E-state index in [1.165, 1.54) is 0 Å². The molecule has 2 N–H and O–H groups in total. The van der Waals surface area contributed by atoms with Crippen LogP contribution in [0.15, 0.2) is 45.1 Å². The predicted octanol–water partition coefficient (Wildman–Crippen LogP) is 4.72. The molecule has 1 aromatic carbocycles. The van der Waals surface area contributed by atoms with Crippen molar-refractivity contribution in [1.82, 2.24) is 15.6 Å². The summed E-state index contributed by atoms with van der Waals surface area (Å²) in [4.78, 5) is 7.92. The third-order valence-electron chi connectivity index (χ3n) is 3.78. The maximum absolute atomic E-state index is 12.6. The number of nitrogens with zero attached hydrogens (tertiary/aromatic N) is 2. The highest BCUT2D eigenvalue weighted by Crippen LogP contribution is 2.30. The SMILES string of the molecule is CCNC(=NCc1nc(C(F)(F)F)cs1)NC(C)c1cc2ccccc2o1. The molecule has 0 radical (unpaired) electrons. The van der Waals surface area contributed by atoms with E-state index in [0.29, 0.717) is 17.5 Å². The van der Waals surface area contributed by atoms with Crippen LogP contribution in [0.2, 0.25) is 0 Å². The lowest BCUT2D eigenvalue weighted by Gasteiger charge is -2.15. The molecule has 2 heterocycles. The van der Waals surface area contributed by atoms with Gasteiger partial charge < -0.3 is 15.1 Å². The van der Waals surface area contributed by atoms with Gasteiger partial charge in [0.05, 0.1) is 12.6 Å². The Labute approximate surface area is 158 Å². The Balaban J connectivity index is 1.70. The average molecular weight is 396 g/mol. The van der Waals surface area contributed by atoms with Crippen LogP contribution >= 0.6 is 11.3 Å². The minimum absolute atomic E-state index is 0.0585. The number of aromatic nitrogens is 1. The van der Waals surface area contributed by atoms with Gasteiger partial charge in [0.25, 0.3) is 0 Å². The van der Waals surface area contributed by atoms with Crippen LogP contribution in [0.25, 0.3) is 11.0 Å². The fraction of sp³-hybridized carbons (Fsp3) is 0.333. The zero-order valence-corrected chi connectivity index (χ0v) is 15.6. The number of thiazole rings is 1. The molecule has 5 nitrogen and oxygen atoms in total. The van der Waals surface area contributed by atoms with Crippen LogP contribution in [0.5, 0.6) is 0 Å². The smallest absolute Gasteiger partial charge is 0.434 e. The second kappa shape index (κ2) is 7.99. The summed E-state index contributed by atoms with van der Waals surface area (Å²) >= 11 is 0.942. The Hall–Kier alpha value is -2.55. The van der Waals surface area contributed by atoms with Crippen molar-refractivity contribution in [2.75, 3.05) is 6.54 Å². The molecule has 9 heteroatoms. The van der Waals surface area contributed by atoms with E-state index in [9.17, 15) is 13.2 Å². The van der Waals surface area contributed by atoms with Gasteiger partial charge in [-0.3, -0.25) is 0 Å². The van der Waals surface area contributed by atoms with Crippen LogP contribution in [0.1, 0.15) is 36.4 Å². The third-order valence-corrected chi connectivity index (χ3v) is 4.62. The molecule has 3 rings (SSSR count). The van der Waals surface area contributed by atoms with Crippen LogP contribution in [0.4, 0.5) is 13.2 Å². The first-order chi connectivity index (χ1) is 12.9. The molecule has 0 amide bonds. The minimum atomic E-state index is -4.43. The van der Waals surface area contributed by atoms with E-state index in [0.717, 1.165) is 33.4 Å². The summed E-state index contributed by atoms with van der Waals surface area (Å²) in [7, 11) is 0. The highest BCUT2D eigenvalue weighted by Gasteiger charge is 2.33. The molecule has 1 atom stereocenters. The van der Waals surface area contributed by atoms with E-state index in [-0.39, 0.29) is 12.6 Å². The van der Waals surface area contributed by atoms with Crippen LogP contribution in [-0.2, 0) is 12.7 Å². The molecule has 0 bridgehead atoms. The topological polar surface area (TPSA) is 62.5 Å². The normalized spacial score (nSPS) is 13.7. The molecule has 0 aliphatic heterocycles. The Morgan fingerprint density at radius 1 is 1.33 bits per heavy atom. The van der Waals surface area contributed by atoms with Gasteiger partial charge in [0.15, 0.2) is 11.7 Å². The fourth-order valence-corrected chi connectivity index (χ4v) is 3.20. The van der Waals surface area contributed by atoms with Crippen molar-refractivity contribution >= 4 is 28.3 Å². The first kappa shape index (κ1) is 19.2. The zero-order chi connectivity index (χ0) is 19.4. The van der Waals surface area contributed by atoms with Gasteiger partial charge in [-0.2, -0.15) is 13.2 Å². The molecule has 144 valence electrons. The minimum Gasteiger partial charge on any atom is -0.459 e. The number of guanidine groups is 1. The number of furan rings is 1. The van der Waals surface area contributed by atoms with Gasteiger partial charge in [0.1, 0.15) is 16.4 Å². The summed E-state index contributed by atoms with van der Waals surface area (Å²) in [6.45, 7) is 4.51. The Bertz CT molecular complexity index is 899. The van der Waals surface area contributed by atoms with E-state index in [1.807, 2.05) is 44.2 Å². The number of nitrogens with one attached hydrogen (secondary N) is 2. The van der Waals surface area contributed by atoms with Crippen molar-refractivity contribution in [1.29, 1.82) is 0 Å². The lowest BCUT2D eigenvalue weighted by molar-refractivity contribution is -0.140. The molecule has 0 spiro atoms. The first-order valence-corrected chi connectivity index (χ1v) is 9.29. The highest BCUT2D eigenvalue weighted by molar-refractivity contribution is 7.09. The monoisotopic (exact) mass is 396 g/mol. The molecule has 2 aromatic heterocycles. The van der Waals surface area contributed by atoms with Crippen molar-refractivity contribution < 1.29 is 17.6 Å². The second-order valence-electron chi connectivity index (χ2n) is 5.87. The number of hydrogen-bond donors (Lipinski definition) is 2. The van der Waals surface area contributed by atoms with Crippen LogP contribution in [0.3, 0.4) is 0 Å². The number of benzene rings is 1. The molecule has 0 aliphatic rings. The third kappa shape index (κ3) is 4.79. The number of aliphatic imine (C=N–C) groups is 1. The molecule has 0 aliphatic carbocycles. The largest absolute Gasteiger partial charge is 0.459 e. The lowest BCUT2D eigenvalue weighted by Crippen LogP contribution is -2.38. The predicted molar refractivity (Wildman–Crippen MR) is 99.7 cm³/mol. The highest BCUT2D eigenvalue weighted by atomic mass is 32.1. The maximum atomic E-state index is 12.6. The molecular weight excluding hydrogens is 377 g/mol. The van der Waals surface area contributed by atoms with Gasteiger partial charge in [-0.05, 0) is 26.0 Å². The summed E-state index contributed by atoms with van der Waals surface area (Å²) in [5.74, 6) is 1.23. The summed E-state index contributed by atoms with van der Waals surface area (Å²) in [5, 5.41) is 8.59. The van der Waals surface area contributed by atoms with Crippen molar-refractivity contribution in [3.8, 4) is 0 Å². The number of halogens is 3. The Kier molecular flexibility index (Phi) is 5.69. The zero-order valence-electron chi connectivity index (χ0n) is 14.8. The number of para-hydroxylation sites is 1. The molecule has 0 saturated heterocycles. The van der Waals surface area contributed by atoms with Crippen molar-refractivity contribution in [3.63, 3.8) is 0 Å². The Morgan fingerprint density at radius 2 is 2.11 bits per heavy atom. The van der Waals surface area contributed by atoms with Gasteiger partial charge in [-0.15, -0.1) is 11.3 Å². The fourth-order valence-electron chi connectivity index (χ4n) is 2.47. The molecule has 27 heavy (non-hydrogen) atoms. The summed E-state index contributed by atoms with van der Waals surface area (Å²) < 4.78 is 43.8. The second-order valence-corrected chi connectivity index (χ2v) is 6.81. The molecular formula is C18H19F3N4OS. The number of hydrogen-bond acceptors (Lipinski definition) is 4.